The predicted octanol–water partition coefficient (Wildman–Crippen LogP) is 1.88. The molecule has 2 unspecified atom stereocenters. The Hall–Kier alpha value is -0.610. The molecule has 1 saturated carbocycles. The summed E-state index contributed by atoms with van der Waals surface area (Å²) in [4.78, 5) is 14.5. The second-order valence-electron chi connectivity index (χ2n) is 7.84. The maximum Gasteiger partial charge on any atom is 0.237 e. The molecule has 0 radical (unpaired) electrons. The quantitative estimate of drug-likeness (QED) is 0.827. The Kier molecular flexibility index (Phi) is 4.45. The van der Waals surface area contributed by atoms with Gasteiger partial charge in [0.15, 0.2) is 0 Å². The Morgan fingerprint density at radius 1 is 1.25 bits per heavy atom. The molecular formula is C16H31N3O. The van der Waals surface area contributed by atoms with Crippen LogP contribution in [0.25, 0.3) is 0 Å². The van der Waals surface area contributed by atoms with E-state index in [1.165, 1.54) is 12.8 Å². The highest BCUT2D eigenvalue weighted by Gasteiger charge is 2.46. The van der Waals surface area contributed by atoms with Crippen LogP contribution >= 0.6 is 0 Å². The summed E-state index contributed by atoms with van der Waals surface area (Å²) in [6.07, 6.45) is 5.35. The van der Waals surface area contributed by atoms with Crippen molar-refractivity contribution in [3.05, 3.63) is 0 Å². The molecule has 4 heteroatoms. The third-order valence-electron chi connectivity index (χ3n) is 5.19. The Labute approximate surface area is 123 Å². The molecule has 0 bridgehead atoms. The van der Waals surface area contributed by atoms with Crippen molar-refractivity contribution in [3.63, 3.8) is 0 Å². The third kappa shape index (κ3) is 3.34. The molecule has 1 aliphatic heterocycles. The molecule has 3 N–H and O–H groups in total. The highest BCUT2D eigenvalue weighted by atomic mass is 16.1. The van der Waals surface area contributed by atoms with E-state index in [1.54, 1.807) is 0 Å². The second-order valence-corrected chi connectivity index (χ2v) is 7.84. The average molecular weight is 281 g/mol. The van der Waals surface area contributed by atoms with Gasteiger partial charge in [-0.15, -0.1) is 0 Å². The Bertz CT molecular complexity index is 357. The van der Waals surface area contributed by atoms with Crippen molar-refractivity contribution in [1.29, 1.82) is 0 Å². The number of carbonyl (C=O) groups excluding carboxylic acids is 1. The van der Waals surface area contributed by atoms with Crippen molar-refractivity contribution < 1.29 is 4.79 Å². The highest BCUT2D eigenvalue weighted by molar-refractivity contribution is 5.85. The third-order valence-corrected chi connectivity index (χ3v) is 5.19. The van der Waals surface area contributed by atoms with E-state index in [0.29, 0.717) is 17.5 Å². The summed E-state index contributed by atoms with van der Waals surface area (Å²) >= 11 is 0. The van der Waals surface area contributed by atoms with E-state index in [-0.39, 0.29) is 5.91 Å². The van der Waals surface area contributed by atoms with Crippen LogP contribution in [0.15, 0.2) is 0 Å². The van der Waals surface area contributed by atoms with E-state index in [0.717, 1.165) is 32.4 Å². The molecule has 4 nitrogen and oxygen atoms in total. The molecule has 0 aromatic carbocycles. The lowest BCUT2D eigenvalue weighted by Crippen LogP contribution is -2.57. The lowest BCUT2D eigenvalue weighted by molar-refractivity contribution is -0.124. The van der Waals surface area contributed by atoms with Crippen molar-refractivity contribution in [2.24, 2.45) is 11.1 Å². The topological polar surface area (TPSA) is 58.4 Å². The van der Waals surface area contributed by atoms with E-state index >= 15 is 0 Å². The number of amides is 1. The number of hydrogen-bond acceptors (Lipinski definition) is 3. The molecule has 2 aliphatic rings. The first-order chi connectivity index (χ1) is 9.24. The van der Waals surface area contributed by atoms with Crippen LogP contribution < -0.4 is 11.1 Å². The summed E-state index contributed by atoms with van der Waals surface area (Å²) in [5.74, 6) is -0.175. The van der Waals surface area contributed by atoms with E-state index in [1.807, 2.05) is 0 Å². The molecule has 0 aromatic heterocycles. The predicted molar refractivity (Wildman–Crippen MR) is 82.4 cm³/mol. The first-order valence-corrected chi connectivity index (χ1v) is 8.06. The lowest BCUT2D eigenvalue weighted by Gasteiger charge is -2.40. The minimum Gasteiger partial charge on any atom is -0.368 e. The van der Waals surface area contributed by atoms with Gasteiger partial charge < -0.3 is 16.0 Å². The molecule has 2 rings (SSSR count). The zero-order valence-corrected chi connectivity index (χ0v) is 13.5. The fourth-order valence-corrected chi connectivity index (χ4v) is 3.80. The summed E-state index contributed by atoms with van der Waals surface area (Å²) in [6.45, 7) is 11.2. The van der Waals surface area contributed by atoms with Crippen LogP contribution in [0.5, 0.6) is 0 Å². The number of primary amides is 1. The zero-order chi connectivity index (χ0) is 15.0. The van der Waals surface area contributed by atoms with Gasteiger partial charge in [0.05, 0.1) is 5.54 Å². The maximum absolute atomic E-state index is 11.9. The summed E-state index contributed by atoms with van der Waals surface area (Å²) in [7, 11) is 0. The van der Waals surface area contributed by atoms with Crippen LogP contribution in [0.2, 0.25) is 0 Å². The smallest absolute Gasteiger partial charge is 0.237 e. The van der Waals surface area contributed by atoms with Crippen LogP contribution in [0.4, 0.5) is 0 Å². The zero-order valence-electron chi connectivity index (χ0n) is 13.5. The molecule has 1 heterocycles. The molecule has 0 spiro atoms. The number of nitrogens with zero attached hydrogens (tertiary/aromatic N) is 1. The summed E-state index contributed by atoms with van der Waals surface area (Å²) < 4.78 is 0. The minimum absolute atomic E-state index is 0.175. The van der Waals surface area contributed by atoms with Gasteiger partial charge in [-0.1, -0.05) is 13.8 Å². The first-order valence-electron chi connectivity index (χ1n) is 8.06. The number of carbonyl (C=O) groups is 1. The van der Waals surface area contributed by atoms with Gasteiger partial charge in [0.2, 0.25) is 5.91 Å². The van der Waals surface area contributed by atoms with Gasteiger partial charge in [0.1, 0.15) is 0 Å². The molecule has 1 saturated heterocycles. The van der Waals surface area contributed by atoms with Crippen LogP contribution in [-0.2, 0) is 4.79 Å². The van der Waals surface area contributed by atoms with Gasteiger partial charge in [-0.2, -0.15) is 0 Å². The summed E-state index contributed by atoms with van der Waals surface area (Å²) in [5.41, 5.74) is 5.69. The number of nitrogens with two attached hydrogens (primary N) is 1. The van der Waals surface area contributed by atoms with E-state index in [4.69, 9.17) is 5.73 Å². The molecule has 2 atom stereocenters. The van der Waals surface area contributed by atoms with Crippen molar-refractivity contribution in [2.75, 3.05) is 13.1 Å². The van der Waals surface area contributed by atoms with Crippen molar-refractivity contribution in [1.82, 2.24) is 10.2 Å². The summed E-state index contributed by atoms with van der Waals surface area (Å²) in [6, 6.07) is 0.811. The van der Waals surface area contributed by atoms with E-state index < -0.39 is 5.54 Å². The number of hydrogen-bond donors (Lipinski definition) is 2. The van der Waals surface area contributed by atoms with Gasteiger partial charge in [-0.25, -0.2) is 0 Å². The van der Waals surface area contributed by atoms with Gasteiger partial charge in [0.25, 0.3) is 0 Å². The van der Waals surface area contributed by atoms with Crippen LogP contribution in [0, 0.1) is 5.41 Å². The Balaban J connectivity index is 1.98. The minimum atomic E-state index is -0.480. The normalized spacial score (nSPS) is 34.5. The van der Waals surface area contributed by atoms with Gasteiger partial charge >= 0.3 is 0 Å². The lowest BCUT2D eigenvalue weighted by atomic mass is 9.82. The molecule has 20 heavy (non-hydrogen) atoms. The number of likely N-dealkylation sites (tertiary alicyclic amines) is 1. The number of piperidine rings is 1. The number of nitrogens with one attached hydrogen (secondary N) is 1. The Morgan fingerprint density at radius 3 is 2.35 bits per heavy atom. The van der Waals surface area contributed by atoms with Crippen LogP contribution in [0.3, 0.4) is 0 Å². The molecule has 0 aromatic rings. The molecule has 116 valence electrons. The van der Waals surface area contributed by atoms with Crippen molar-refractivity contribution in [2.45, 2.75) is 77.4 Å². The van der Waals surface area contributed by atoms with Gasteiger partial charge in [0, 0.05) is 12.1 Å². The average Bonchev–Trinajstić information content (AvgIpc) is 2.73. The molecule has 1 amide bonds. The second kappa shape index (κ2) is 5.64. The van der Waals surface area contributed by atoms with Crippen LogP contribution in [0.1, 0.15) is 59.8 Å². The largest absolute Gasteiger partial charge is 0.368 e. The standard InChI is InChI=1S/C16H31N3O/c1-12(2)18-16(14(17)20)6-5-13(11-16)19-9-7-15(3,4)8-10-19/h12-13,18H,5-11H2,1-4H3,(H2,17,20). The summed E-state index contributed by atoms with van der Waals surface area (Å²) in [5, 5.41) is 3.44. The molecule has 2 fully saturated rings. The van der Waals surface area contributed by atoms with Crippen molar-refractivity contribution >= 4 is 5.91 Å². The van der Waals surface area contributed by atoms with Gasteiger partial charge in [-0.3, -0.25) is 4.79 Å². The maximum atomic E-state index is 11.9. The fourth-order valence-electron chi connectivity index (χ4n) is 3.80. The van der Waals surface area contributed by atoms with Crippen LogP contribution in [-0.4, -0.2) is 41.5 Å². The number of rotatable bonds is 4. The molecular weight excluding hydrogens is 250 g/mol. The van der Waals surface area contributed by atoms with E-state index in [2.05, 4.69) is 37.9 Å². The monoisotopic (exact) mass is 281 g/mol. The van der Waals surface area contributed by atoms with Crippen molar-refractivity contribution in [3.8, 4) is 0 Å². The molecule has 1 aliphatic carbocycles. The fraction of sp³-hybridized carbons (Fsp3) is 0.938. The first kappa shape index (κ1) is 15.8. The SMILES string of the molecule is CC(C)NC1(C(N)=O)CCC(N2CCC(C)(C)CC2)C1. The van der Waals surface area contributed by atoms with Gasteiger partial charge in [-0.05, 0) is 64.5 Å². The highest BCUT2D eigenvalue weighted by Crippen LogP contribution is 2.37. The van der Waals surface area contributed by atoms with E-state index in [9.17, 15) is 4.79 Å². The Morgan fingerprint density at radius 2 is 1.85 bits per heavy atom.